The number of H-pyrrole nitrogens is 1. The van der Waals surface area contributed by atoms with E-state index in [9.17, 15) is 14.0 Å². The van der Waals surface area contributed by atoms with Gasteiger partial charge in [0.2, 0.25) is 0 Å². The summed E-state index contributed by atoms with van der Waals surface area (Å²) in [7, 11) is 0. The van der Waals surface area contributed by atoms with E-state index in [1.54, 1.807) is 0 Å². The maximum Gasteiger partial charge on any atom is 0.274 e. The third-order valence-electron chi connectivity index (χ3n) is 6.36. The molecule has 2 aromatic heterocycles. The molecule has 0 unspecified atom stereocenters. The molecule has 2 fully saturated rings. The van der Waals surface area contributed by atoms with Crippen molar-refractivity contribution in [2.24, 2.45) is 0 Å². The Morgan fingerprint density at radius 1 is 1.17 bits per heavy atom. The van der Waals surface area contributed by atoms with Crippen LogP contribution < -0.4 is 5.56 Å². The van der Waals surface area contributed by atoms with E-state index >= 15 is 0 Å². The second-order valence-corrected chi connectivity index (χ2v) is 8.87. The van der Waals surface area contributed by atoms with Crippen LogP contribution in [0.5, 0.6) is 0 Å². The Labute approximate surface area is 173 Å². The van der Waals surface area contributed by atoms with Gasteiger partial charge in [-0.25, -0.2) is 4.39 Å². The number of carbonyl (C=O) groups is 1. The molecule has 7 heteroatoms. The van der Waals surface area contributed by atoms with Crippen LogP contribution in [0.15, 0.2) is 41.3 Å². The number of aromatic amines is 1. The molecule has 1 aliphatic heterocycles. The van der Waals surface area contributed by atoms with Crippen LogP contribution in [-0.4, -0.2) is 44.2 Å². The second-order valence-electron chi connectivity index (χ2n) is 8.87. The van der Waals surface area contributed by atoms with Crippen molar-refractivity contribution in [1.82, 2.24) is 19.5 Å². The Morgan fingerprint density at radius 3 is 2.53 bits per heavy atom. The molecule has 30 heavy (non-hydrogen) atoms. The highest BCUT2D eigenvalue weighted by Crippen LogP contribution is 2.33. The third kappa shape index (κ3) is 3.32. The maximum atomic E-state index is 13.8. The van der Waals surface area contributed by atoms with Crippen molar-refractivity contribution < 1.29 is 9.18 Å². The van der Waals surface area contributed by atoms with Crippen molar-refractivity contribution in [2.45, 2.75) is 50.6 Å². The molecule has 3 aromatic rings. The predicted octanol–water partition coefficient (Wildman–Crippen LogP) is 3.92. The van der Waals surface area contributed by atoms with Gasteiger partial charge in [0, 0.05) is 6.07 Å². The van der Waals surface area contributed by atoms with Crippen molar-refractivity contribution in [2.75, 3.05) is 13.1 Å². The Hall–Kier alpha value is -2.96. The highest BCUT2D eigenvalue weighted by atomic mass is 19.1. The molecule has 5 rings (SSSR count). The summed E-state index contributed by atoms with van der Waals surface area (Å²) in [5, 5.41) is 4.06. The molecular formula is C23H25FN4O2. The Kier molecular flexibility index (Phi) is 4.49. The highest BCUT2D eigenvalue weighted by Gasteiger charge is 2.42. The van der Waals surface area contributed by atoms with Gasteiger partial charge >= 0.3 is 0 Å². The number of alkyl halides is 1. The maximum absolute atomic E-state index is 13.8. The zero-order valence-corrected chi connectivity index (χ0v) is 17.0. The van der Waals surface area contributed by atoms with Crippen molar-refractivity contribution in [3.8, 4) is 11.3 Å². The van der Waals surface area contributed by atoms with E-state index in [0.717, 1.165) is 5.56 Å². The number of rotatable bonds is 3. The smallest absolute Gasteiger partial charge is 0.274 e. The van der Waals surface area contributed by atoms with Gasteiger partial charge in [0.1, 0.15) is 11.2 Å². The van der Waals surface area contributed by atoms with Gasteiger partial charge in [0.25, 0.3) is 11.5 Å². The fraction of sp³-hybridized carbons (Fsp3) is 0.435. The zero-order chi connectivity index (χ0) is 20.9. The molecule has 0 radical (unpaired) electrons. The SMILES string of the molecule is CC1(F)CN(C(=O)c2cnn3c(=O)cc(-c4ccc(C5CCCCC5)cc4)[nH]c23)C1. The highest BCUT2D eigenvalue weighted by molar-refractivity contribution is 6.00. The minimum Gasteiger partial charge on any atom is -0.339 e. The van der Waals surface area contributed by atoms with E-state index in [2.05, 4.69) is 22.2 Å². The molecule has 2 aliphatic rings. The average molecular weight is 408 g/mol. The molecule has 1 N–H and O–H groups in total. The van der Waals surface area contributed by atoms with Gasteiger partial charge in [-0.3, -0.25) is 9.59 Å². The van der Waals surface area contributed by atoms with E-state index in [1.807, 2.05) is 12.1 Å². The number of hydrogen-bond acceptors (Lipinski definition) is 3. The van der Waals surface area contributed by atoms with E-state index in [1.165, 1.54) is 66.3 Å². The lowest BCUT2D eigenvalue weighted by Gasteiger charge is -2.41. The molecule has 156 valence electrons. The number of amides is 1. The quantitative estimate of drug-likeness (QED) is 0.714. The van der Waals surface area contributed by atoms with E-state index in [0.29, 0.717) is 17.3 Å². The first-order chi connectivity index (χ1) is 14.4. The third-order valence-corrected chi connectivity index (χ3v) is 6.36. The van der Waals surface area contributed by atoms with Gasteiger partial charge < -0.3 is 9.88 Å². The lowest BCUT2D eigenvalue weighted by Crippen LogP contribution is -2.59. The first kappa shape index (κ1) is 19.0. The van der Waals surface area contributed by atoms with Crippen LogP contribution in [0.1, 0.15) is 60.9 Å². The van der Waals surface area contributed by atoms with Crippen LogP contribution in [0.4, 0.5) is 4.39 Å². The molecule has 3 heterocycles. The second kappa shape index (κ2) is 7.07. The van der Waals surface area contributed by atoms with E-state index in [-0.39, 0.29) is 30.1 Å². The predicted molar refractivity (Wildman–Crippen MR) is 112 cm³/mol. The van der Waals surface area contributed by atoms with Gasteiger partial charge in [-0.05, 0) is 36.8 Å². The number of fused-ring (bicyclic) bond motifs is 1. The fourth-order valence-corrected chi connectivity index (χ4v) is 4.73. The molecule has 1 aliphatic carbocycles. The molecule has 1 saturated heterocycles. The van der Waals surface area contributed by atoms with Gasteiger partial charge in [-0.2, -0.15) is 9.61 Å². The molecule has 1 amide bonds. The van der Waals surface area contributed by atoms with Crippen molar-refractivity contribution in [3.05, 3.63) is 58.0 Å². The van der Waals surface area contributed by atoms with Gasteiger partial charge in [-0.1, -0.05) is 43.5 Å². The summed E-state index contributed by atoms with van der Waals surface area (Å²) in [6, 6.07) is 9.81. The van der Waals surface area contributed by atoms with Crippen LogP contribution in [0, 0.1) is 0 Å². The Balaban J connectivity index is 1.46. The van der Waals surface area contributed by atoms with Crippen LogP contribution in [0.2, 0.25) is 0 Å². The monoisotopic (exact) mass is 408 g/mol. The first-order valence-electron chi connectivity index (χ1n) is 10.6. The summed E-state index contributed by atoms with van der Waals surface area (Å²) in [5.74, 6) is 0.298. The molecule has 0 atom stereocenters. The van der Waals surface area contributed by atoms with Crippen LogP contribution in [0.25, 0.3) is 16.9 Å². The topological polar surface area (TPSA) is 70.5 Å². The number of likely N-dealkylation sites (tertiary alicyclic amines) is 1. The normalized spacial score (nSPS) is 19.1. The number of halogens is 1. The number of nitrogens with one attached hydrogen (secondary N) is 1. The van der Waals surface area contributed by atoms with Crippen LogP contribution in [-0.2, 0) is 0 Å². The lowest BCUT2D eigenvalue weighted by atomic mass is 9.84. The number of hydrogen-bond donors (Lipinski definition) is 1. The average Bonchev–Trinajstić information content (AvgIpc) is 3.17. The summed E-state index contributed by atoms with van der Waals surface area (Å²) in [6.07, 6.45) is 7.74. The van der Waals surface area contributed by atoms with Crippen molar-refractivity contribution in [3.63, 3.8) is 0 Å². The Morgan fingerprint density at radius 2 is 1.87 bits per heavy atom. The molecule has 0 bridgehead atoms. The van der Waals surface area contributed by atoms with Crippen LogP contribution >= 0.6 is 0 Å². The first-order valence-corrected chi connectivity index (χ1v) is 10.6. The number of nitrogens with zero attached hydrogens (tertiary/aromatic N) is 3. The van der Waals surface area contributed by atoms with Crippen molar-refractivity contribution in [1.29, 1.82) is 0 Å². The minimum absolute atomic E-state index is 0.0513. The van der Waals surface area contributed by atoms with Crippen LogP contribution in [0.3, 0.4) is 0 Å². The largest absolute Gasteiger partial charge is 0.339 e. The van der Waals surface area contributed by atoms with Gasteiger partial charge in [-0.15, -0.1) is 0 Å². The summed E-state index contributed by atoms with van der Waals surface area (Å²) in [6.45, 7) is 1.58. The zero-order valence-electron chi connectivity index (χ0n) is 17.0. The molecule has 1 aromatic carbocycles. The molecule has 6 nitrogen and oxygen atoms in total. The fourth-order valence-electron chi connectivity index (χ4n) is 4.73. The van der Waals surface area contributed by atoms with Crippen molar-refractivity contribution >= 4 is 11.6 Å². The number of benzene rings is 1. The number of aromatic nitrogens is 3. The number of carbonyl (C=O) groups excluding carboxylic acids is 1. The van der Waals surface area contributed by atoms with Gasteiger partial charge in [0.05, 0.1) is 25.0 Å². The summed E-state index contributed by atoms with van der Waals surface area (Å²) < 4.78 is 15.0. The molecule has 1 saturated carbocycles. The summed E-state index contributed by atoms with van der Waals surface area (Å²) in [5.41, 5.74) is 1.82. The molecule has 0 spiro atoms. The Bertz CT molecular complexity index is 1150. The summed E-state index contributed by atoms with van der Waals surface area (Å²) >= 11 is 0. The van der Waals surface area contributed by atoms with Gasteiger partial charge in [0.15, 0.2) is 5.65 Å². The standard InChI is InChI=1S/C23H25FN4O2/c1-23(24)13-27(14-23)22(30)18-12-25-28-20(29)11-19(26-21(18)28)17-9-7-16(8-10-17)15-5-3-2-4-6-15/h7-12,15,26H,2-6,13-14H2,1H3. The minimum atomic E-state index is -1.35. The van der Waals surface area contributed by atoms with E-state index < -0.39 is 5.67 Å². The van der Waals surface area contributed by atoms with E-state index in [4.69, 9.17) is 0 Å². The summed E-state index contributed by atoms with van der Waals surface area (Å²) in [4.78, 5) is 30.0. The molecular weight excluding hydrogens is 383 g/mol. The lowest BCUT2D eigenvalue weighted by molar-refractivity contribution is -0.00775.